The van der Waals surface area contributed by atoms with Crippen LogP contribution in [-0.4, -0.2) is 53.9 Å². The molecule has 24 heavy (non-hydrogen) atoms. The van der Waals surface area contributed by atoms with Gasteiger partial charge in [-0.25, -0.2) is 4.79 Å². The van der Waals surface area contributed by atoms with Crippen molar-refractivity contribution in [2.75, 3.05) is 33.2 Å². The first-order valence-electron chi connectivity index (χ1n) is 7.80. The fraction of sp³-hybridized carbons (Fsp3) is 0.438. The maximum absolute atomic E-state index is 12.5. The number of piperazine rings is 1. The van der Waals surface area contributed by atoms with Crippen LogP contribution in [0.2, 0.25) is 0 Å². The first kappa shape index (κ1) is 16.3. The van der Waals surface area contributed by atoms with Gasteiger partial charge in [0.1, 0.15) is 5.52 Å². The van der Waals surface area contributed by atoms with Gasteiger partial charge in [0.05, 0.1) is 10.1 Å². The minimum Gasteiger partial charge on any atom is -0.805 e. The lowest BCUT2D eigenvalue weighted by atomic mass is 10.2. The molecular weight excluding hydrogens is 312 g/mol. The van der Waals surface area contributed by atoms with Gasteiger partial charge in [-0.15, -0.1) is 0 Å². The zero-order chi connectivity index (χ0) is 17.4. The van der Waals surface area contributed by atoms with E-state index in [0.29, 0.717) is 27.9 Å². The molecule has 1 aromatic carbocycles. The van der Waals surface area contributed by atoms with Crippen molar-refractivity contribution in [2.45, 2.75) is 13.8 Å². The Morgan fingerprint density at radius 3 is 2.54 bits per heavy atom. The summed E-state index contributed by atoms with van der Waals surface area (Å²) >= 11 is 0. The number of benzene rings is 1. The van der Waals surface area contributed by atoms with Crippen LogP contribution in [0.3, 0.4) is 0 Å². The van der Waals surface area contributed by atoms with Gasteiger partial charge < -0.3 is 24.5 Å². The third-order valence-corrected chi connectivity index (χ3v) is 4.49. The van der Waals surface area contributed by atoms with Crippen LogP contribution in [0.15, 0.2) is 18.2 Å². The molecule has 1 aromatic heterocycles. The summed E-state index contributed by atoms with van der Waals surface area (Å²) in [6.07, 6.45) is -0.508. The Balaban J connectivity index is 1.98. The molecule has 0 bridgehead atoms. The number of amides is 1. The second kappa shape index (κ2) is 6.12. The lowest BCUT2D eigenvalue weighted by Gasteiger charge is -2.31. The van der Waals surface area contributed by atoms with Crippen LogP contribution in [0, 0.1) is 24.0 Å². The molecule has 0 radical (unpaired) electrons. The van der Waals surface area contributed by atoms with E-state index in [9.17, 15) is 14.9 Å². The fourth-order valence-corrected chi connectivity index (χ4v) is 2.75. The monoisotopic (exact) mass is 332 g/mol. The van der Waals surface area contributed by atoms with Crippen molar-refractivity contribution in [3.63, 3.8) is 0 Å². The summed E-state index contributed by atoms with van der Waals surface area (Å²) in [4.78, 5) is 28.6. The number of nitrogens with zero attached hydrogens (tertiary/aromatic N) is 4. The number of carbonyl (C=O) groups is 1. The summed E-state index contributed by atoms with van der Waals surface area (Å²) in [5.41, 5.74) is 0.843. The predicted octanol–water partition coefficient (Wildman–Crippen LogP) is 1.26. The maximum Gasteiger partial charge on any atom is 0.415 e. The van der Waals surface area contributed by atoms with E-state index in [2.05, 4.69) is 4.90 Å². The molecule has 128 valence electrons. The van der Waals surface area contributed by atoms with E-state index in [0.717, 1.165) is 13.1 Å². The summed E-state index contributed by atoms with van der Waals surface area (Å²) in [6.45, 7) is 5.82. The molecule has 2 aromatic rings. The molecule has 1 amide bonds. The van der Waals surface area contributed by atoms with Crippen molar-refractivity contribution in [3.8, 4) is 5.75 Å². The zero-order valence-electron chi connectivity index (χ0n) is 14.0. The number of likely N-dealkylation sites (N-methyl/N-ethyl adjacent to an activating group) is 1. The summed E-state index contributed by atoms with van der Waals surface area (Å²) in [6, 6.07) is 4.66. The lowest BCUT2D eigenvalue weighted by Crippen LogP contribution is -2.48. The number of hydrogen-bond donors (Lipinski definition) is 0. The van der Waals surface area contributed by atoms with Crippen LogP contribution in [0.25, 0.3) is 11.0 Å². The van der Waals surface area contributed by atoms with E-state index in [1.165, 1.54) is 12.1 Å². The van der Waals surface area contributed by atoms with Crippen LogP contribution in [0.4, 0.5) is 4.79 Å². The molecule has 8 nitrogen and oxygen atoms in total. The predicted molar refractivity (Wildman–Crippen MR) is 88.6 cm³/mol. The molecule has 0 N–H and O–H groups in total. The Hall–Kier alpha value is -2.61. The molecule has 2 heterocycles. The highest BCUT2D eigenvalue weighted by molar-refractivity contribution is 5.82. The minimum absolute atomic E-state index is 0.0677. The van der Waals surface area contributed by atoms with Gasteiger partial charge >= 0.3 is 11.6 Å². The van der Waals surface area contributed by atoms with Crippen LogP contribution < -0.4 is 9.16 Å². The molecule has 0 atom stereocenters. The van der Waals surface area contributed by atoms with Gasteiger partial charge in [0.15, 0.2) is 0 Å². The van der Waals surface area contributed by atoms with Gasteiger partial charge in [0.25, 0.3) is 5.69 Å². The quantitative estimate of drug-likeness (QED) is 0.734. The number of aromatic nitrogens is 2. The Labute approximate surface area is 139 Å². The number of carbonyl (C=O) groups excluding carboxylic acids is 1. The van der Waals surface area contributed by atoms with Crippen molar-refractivity contribution >= 4 is 17.1 Å². The molecule has 1 saturated heterocycles. The van der Waals surface area contributed by atoms with Crippen LogP contribution >= 0.6 is 0 Å². The highest BCUT2D eigenvalue weighted by Crippen LogP contribution is 2.24. The average Bonchev–Trinajstić information content (AvgIpc) is 2.58. The Morgan fingerprint density at radius 1 is 1.21 bits per heavy atom. The maximum atomic E-state index is 12.5. The minimum atomic E-state index is -0.508. The van der Waals surface area contributed by atoms with Crippen molar-refractivity contribution in [1.82, 2.24) is 14.5 Å². The number of para-hydroxylation sites is 1. The fourth-order valence-electron chi connectivity index (χ4n) is 2.75. The highest BCUT2D eigenvalue weighted by Gasteiger charge is 2.25. The van der Waals surface area contributed by atoms with Crippen LogP contribution in [0.1, 0.15) is 11.4 Å². The summed E-state index contributed by atoms with van der Waals surface area (Å²) in [5.74, 6) is 0.0964. The van der Waals surface area contributed by atoms with Gasteiger partial charge in [0, 0.05) is 38.0 Å². The Kier molecular flexibility index (Phi) is 4.15. The first-order valence-corrected chi connectivity index (χ1v) is 7.80. The SMILES string of the molecule is Cc1c(C)[n+](=O)c2c(OC(=O)N3CCN(C)CC3)cccc2n1[O-]. The van der Waals surface area contributed by atoms with Gasteiger partial charge in [-0.2, -0.15) is 0 Å². The molecule has 0 spiro atoms. The van der Waals surface area contributed by atoms with E-state index in [1.54, 1.807) is 24.8 Å². The normalized spacial score (nSPS) is 15.7. The summed E-state index contributed by atoms with van der Waals surface area (Å²) in [5, 5.41) is 12.3. The van der Waals surface area contributed by atoms with Gasteiger partial charge in [-0.1, -0.05) is 6.07 Å². The van der Waals surface area contributed by atoms with Crippen molar-refractivity contribution in [2.24, 2.45) is 0 Å². The topological polar surface area (TPSA) is 83.7 Å². The zero-order valence-corrected chi connectivity index (χ0v) is 14.0. The highest BCUT2D eigenvalue weighted by atomic mass is 16.6. The Morgan fingerprint density at radius 2 is 1.88 bits per heavy atom. The number of hydrogen-bond acceptors (Lipinski definition) is 5. The van der Waals surface area contributed by atoms with Crippen molar-refractivity contribution in [1.29, 1.82) is 0 Å². The standard InChI is InChI=1S/C16H20N4O4/c1-11-12(2)20(23)15-13(19(11)22)5-4-6-14(15)24-16(21)18-9-7-17(3)8-10-18/h4-6H,7-10H2,1-3H3. The van der Waals surface area contributed by atoms with E-state index in [4.69, 9.17) is 4.74 Å². The average molecular weight is 332 g/mol. The number of fused-ring (bicyclic) bond motifs is 1. The lowest BCUT2D eigenvalue weighted by molar-refractivity contribution is -0.474. The van der Waals surface area contributed by atoms with E-state index >= 15 is 0 Å². The second-order valence-electron chi connectivity index (χ2n) is 6.04. The molecule has 0 unspecified atom stereocenters. The molecule has 1 aliphatic rings. The molecule has 1 aliphatic heterocycles. The number of rotatable bonds is 1. The summed E-state index contributed by atoms with van der Waals surface area (Å²) < 4.78 is 6.76. The summed E-state index contributed by atoms with van der Waals surface area (Å²) in [7, 11) is 1.99. The molecule has 0 saturated carbocycles. The van der Waals surface area contributed by atoms with Gasteiger partial charge in [-0.3, -0.25) is 0 Å². The van der Waals surface area contributed by atoms with Crippen LogP contribution in [0.5, 0.6) is 5.75 Å². The van der Waals surface area contributed by atoms with Gasteiger partial charge in [0.2, 0.25) is 5.75 Å². The third-order valence-electron chi connectivity index (χ3n) is 4.49. The largest absolute Gasteiger partial charge is 0.805 e. The number of ether oxygens (including phenoxy) is 1. The van der Waals surface area contributed by atoms with E-state index in [1.807, 2.05) is 7.05 Å². The molecule has 3 rings (SSSR count). The molecule has 1 fully saturated rings. The van der Waals surface area contributed by atoms with E-state index in [-0.39, 0.29) is 22.5 Å². The van der Waals surface area contributed by atoms with E-state index < -0.39 is 6.09 Å². The third kappa shape index (κ3) is 2.69. The second-order valence-corrected chi connectivity index (χ2v) is 6.04. The molecule has 8 heteroatoms. The smallest absolute Gasteiger partial charge is 0.415 e. The Bertz CT molecular complexity index is 853. The molecular formula is C16H20N4O4. The van der Waals surface area contributed by atoms with Crippen molar-refractivity contribution < 1.29 is 14.0 Å². The van der Waals surface area contributed by atoms with Crippen molar-refractivity contribution in [3.05, 3.63) is 39.7 Å². The van der Waals surface area contributed by atoms with Gasteiger partial charge in [-0.05, 0) is 26.1 Å². The first-order chi connectivity index (χ1) is 11.4. The molecule has 0 aliphatic carbocycles. The van der Waals surface area contributed by atoms with Crippen LogP contribution in [-0.2, 0) is 0 Å².